The molecule has 2 heterocycles. The lowest BCUT2D eigenvalue weighted by Gasteiger charge is -2.36. The molecule has 8 heteroatoms. The van der Waals surface area contributed by atoms with Crippen molar-refractivity contribution in [1.82, 2.24) is 9.88 Å². The third kappa shape index (κ3) is 3.35. The van der Waals surface area contributed by atoms with E-state index in [1.807, 2.05) is 0 Å². The Morgan fingerprint density at radius 1 is 1.48 bits per heavy atom. The molecule has 0 bridgehead atoms. The van der Waals surface area contributed by atoms with Gasteiger partial charge in [-0.25, -0.2) is 9.78 Å². The topological polar surface area (TPSA) is 54.5 Å². The van der Waals surface area contributed by atoms with Crippen LogP contribution in [0.4, 0.5) is 23.7 Å². The first-order valence-corrected chi connectivity index (χ1v) is 7.23. The van der Waals surface area contributed by atoms with E-state index in [1.54, 1.807) is 19.2 Å². The van der Waals surface area contributed by atoms with Gasteiger partial charge < -0.3 is 15.0 Å². The van der Waals surface area contributed by atoms with E-state index in [0.717, 1.165) is 5.56 Å². The second kappa shape index (κ2) is 5.90. The molecule has 1 aliphatic heterocycles. The Bertz CT molecular complexity index is 602. The van der Waals surface area contributed by atoms with Gasteiger partial charge in [0.2, 0.25) is 5.88 Å². The summed E-state index contributed by atoms with van der Waals surface area (Å²) in [5.74, 6) is -1.33. The van der Waals surface area contributed by atoms with Crippen LogP contribution in [0.15, 0.2) is 12.3 Å². The van der Waals surface area contributed by atoms with Gasteiger partial charge in [-0.3, -0.25) is 0 Å². The number of alkyl halides is 3. The van der Waals surface area contributed by atoms with Gasteiger partial charge in [0.1, 0.15) is 5.69 Å². The summed E-state index contributed by atoms with van der Waals surface area (Å²) in [6.45, 7) is 4.71. The Balaban J connectivity index is 2.21. The maximum Gasteiger partial charge on any atom is 0.394 e. The number of nitrogens with zero attached hydrogens (tertiary/aromatic N) is 2. The van der Waals surface area contributed by atoms with Crippen LogP contribution in [0.5, 0.6) is 5.88 Å². The third-order valence-electron chi connectivity index (χ3n) is 4.25. The predicted molar refractivity (Wildman–Crippen MR) is 79.5 cm³/mol. The van der Waals surface area contributed by atoms with Crippen LogP contribution < -0.4 is 10.1 Å². The van der Waals surface area contributed by atoms with Gasteiger partial charge in [-0.2, -0.15) is 13.2 Å². The van der Waals surface area contributed by atoms with Crippen LogP contribution in [0.1, 0.15) is 25.8 Å². The highest BCUT2D eigenvalue weighted by Crippen LogP contribution is 2.44. The van der Waals surface area contributed by atoms with E-state index >= 15 is 0 Å². The van der Waals surface area contributed by atoms with E-state index < -0.39 is 23.7 Å². The first kappa shape index (κ1) is 17.4. The Hall–Kier alpha value is -1.99. The molecule has 23 heavy (non-hydrogen) atoms. The Morgan fingerprint density at radius 2 is 2.13 bits per heavy atom. The molecule has 2 amide bonds. The minimum Gasteiger partial charge on any atom is -0.480 e. The number of halogens is 3. The van der Waals surface area contributed by atoms with Crippen LogP contribution in [0, 0.1) is 12.8 Å². The second-order valence-electron chi connectivity index (χ2n) is 6.19. The first-order chi connectivity index (χ1) is 10.6. The van der Waals surface area contributed by atoms with Crippen molar-refractivity contribution in [2.75, 3.05) is 19.0 Å². The van der Waals surface area contributed by atoms with E-state index in [0.29, 0.717) is 5.69 Å². The highest BCUT2D eigenvalue weighted by atomic mass is 19.4. The van der Waals surface area contributed by atoms with E-state index in [-0.39, 0.29) is 18.8 Å². The fourth-order valence-electron chi connectivity index (χ4n) is 3.01. The molecule has 0 spiro atoms. The summed E-state index contributed by atoms with van der Waals surface area (Å²) in [5.41, 5.74) is -0.175. The molecule has 0 aromatic carbocycles. The molecule has 2 rings (SSSR count). The molecule has 1 fully saturated rings. The minimum atomic E-state index is -4.33. The molecule has 128 valence electrons. The summed E-state index contributed by atoms with van der Waals surface area (Å²) in [5, 5.41) is 2.60. The molecular weight excluding hydrogens is 311 g/mol. The number of amides is 2. The van der Waals surface area contributed by atoms with Crippen LogP contribution in [-0.4, -0.2) is 41.3 Å². The van der Waals surface area contributed by atoms with Crippen LogP contribution in [0.3, 0.4) is 0 Å². The lowest BCUT2D eigenvalue weighted by atomic mass is 9.88. The van der Waals surface area contributed by atoms with Crippen molar-refractivity contribution in [3.63, 3.8) is 0 Å². The number of nitrogens with one attached hydrogen (secondary N) is 1. The molecule has 1 aliphatic rings. The number of pyridine rings is 1. The quantitative estimate of drug-likeness (QED) is 0.901. The van der Waals surface area contributed by atoms with Gasteiger partial charge in [0, 0.05) is 12.7 Å². The molecule has 0 unspecified atom stereocenters. The van der Waals surface area contributed by atoms with Crippen molar-refractivity contribution in [2.24, 2.45) is 5.92 Å². The Morgan fingerprint density at radius 3 is 2.65 bits per heavy atom. The van der Waals surface area contributed by atoms with E-state index in [2.05, 4.69) is 10.3 Å². The largest absolute Gasteiger partial charge is 0.480 e. The second-order valence-corrected chi connectivity index (χ2v) is 6.19. The smallest absolute Gasteiger partial charge is 0.394 e. The maximum absolute atomic E-state index is 13.1. The van der Waals surface area contributed by atoms with Gasteiger partial charge in [-0.1, -0.05) is 0 Å². The van der Waals surface area contributed by atoms with Crippen molar-refractivity contribution >= 4 is 11.7 Å². The maximum atomic E-state index is 13.1. The van der Waals surface area contributed by atoms with Crippen LogP contribution >= 0.6 is 0 Å². The highest BCUT2D eigenvalue weighted by Gasteiger charge is 2.56. The molecule has 1 N–H and O–H groups in total. The van der Waals surface area contributed by atoms with E-state index in [9.17, 15) is 18.0 Å². The average molecular weight is 331 g/mol. The third-order valence-corrected chi connectivity index (χ3v) is 4.25. The van der Waals surface area contributed by atoms with Gasteiger partial charge in [-0.05, 0) is 38.8 Å². The van der Waals surface area contributed by atoms with Gasteiger partial charge in [-0.15, -0.1) is 0 Å². The molecule has 0 aliphatic carbocycles. The molecule has 0 radical (unpaired) electrons. The van der Waals surface area contributed by atoms with Crippen molar-refractivity contribution in [3.8, 4) is 5.88 Å². The number of carbonyl (C=O) groups excluding carboxylic acids is 1. The van der Waals surface area contributed by atoms with Crippen LogP contribution in [0.2, 0.25) is 0 Å². The zero-order valence-electron chi connectivity index (χ0n) is 13.5. The summed E-state index contributed by atoms with van der Waals surface area (Å²) in [4.78, 5) is 17.7. The Labute approximate surface area is 132 Å². The average Bonchev–Trinajstić information content (AvgIpc) is 2.74. The van der Waals surface area contributed by atoms with Crippen LogP contribution in [0.25, 0.3) is 0 Å². The SMILES string of the molecule is COc1ncc(C)cc1NC(=O)N1CC[C@H](C(F)(F)F)C1(C)C. The first-order valence-electron chi connectivity index (χ1n) is 7.23. The van der Waals surface area contributed by atoms with Crippen molar-refractivity contribution in [3.05, 3.63) is 17.8 Å². The number of methoxy groups -OCH3 is 1. The van der Waals surface area contributed by atoms with Crippen LogP contribution in [-0.2, 0) is 0 Å². The van der Waals surface area contributed by atoms with Gasteiger partial charge in [0.05, 0.1) is 18.6 Å². The fraction of sp³-hybridized carbons (Fsp3) is 0.600. The summed E-state index contributed by atoms with van der Waals surface area (Å²) in [7, 11) is 1.41. The lowest BCUT2D eigenvalue weighted by Crippen LogP contribution is -2.51. The zero-order valence-corrected chi connectivity index (χ0v) is 13.5. The number of anilines is 1. The number of hydrogen-bond donors (Lipinski definition) is 1. The molecule has 1 atom stereocenters. The Kier molecular flexibility index (Phi) is 4.45. The molecule has 1 aromatic heterocycles. The molecule has 1 aromatic rings. The number of likely N-dealkylation sites (tertiary alicyclic amines) is 1. The number of ether oxygens (including phenoxy) is 1. The monoisotopic (exact) mass is 331 g/mol. The minimum absolute atomic E-state index is 0.0462. The summed E-state index contributed by atoms with van der Waals surface area (Å²) < 4.78 is 44.4. The molecule has 5 nitrogen and oxygen atoms in total. The molecule has 1 saturated heterocycles. The molecule has 0 saturated carbocycles. The number of urea groups is 1. The van der Waals surface area contributed by atoms with Gasteiger partial charge in [0.25, 0.3) is 0 Å². The number of rotatable bonds is 2. The number of carbonyl (C=O) groups is 1. The van der Waals surface area contributed by atoms with E-state index in [4.69, 9.17) is 4.74 Å². The van der Waals surface area contributed by atoms with E-state index in [1.165, 1.54) is 25.9 Å². The normalized spacial score (nSPS) is 20.5. The van der Waals surface area contributed by atoms with Crippen molar-refractivity contribution in [2.45, 2.75) is 38.9 Å². The zero-order chi connectivity index (χ0) is 17.4. The summed E-state index contributed by atoms with van der Waals surface area (Å²) in [6.07, 6.45) is -2.86. The number of aromatic nitrogens is 1. The lowest BCUT2D eigenvalue weighted by molar-refractivity contribution is -0.189. The number of hydrogen-bond acceptors (Lipinski definition) is 3. The standard InChI is InChI=1S/C15H20F3N3O2/c1-9-7-10(12(23-4)19-8-9)20-13(22)21-6-5-11(14(21,2)3)15(16,17)18/h7-8,11H,5-6H2,1-4H3,(H,20,22)/t11-/m0/s1. The summed E-state index contributed by atoms with van der Waals surface area (Å²) >= 11 is 0. The highest BCUT2D eigenvalue weighted by molar-refractivity contribution is 5.91. The van der Waals surface area contributed by atoms with Crippen molar-refractivity contribution < 1.29 is 22.7 Å². The molecular formula is C15H20F3N3O2. The summed E-state index contributed by atoms with van der Waals surface area (Å²) in [6, 6.07) is 1.07. The van der Waals surface area contributed by atoms with Gasteiger partial charge in [0.15, 0.2) is 0 Å². The number of aryl methyl sites for hydroxylation is 1. The van der Waals surface area contributed by atoms with Gasteiger partial charge >= 0.3 is 12.2 Å². The van der Waals surface area contributed by atoms with Crippen molar-refractivity contribution in [1.29, 1.82) is 0 Å². The predicted octanol–water partition coefficient (Wildman–Crippen LogP) is 3.59. The fourth-order valence-corrected chi connectivity index (χ4v) is 3.01.